The molecule has 1 saturated heterocycles. The average molecular weight is 345 g/mol. The lowest BCUT2D eigenvalue weighted by atomic mass is 10.2. The van der Waals surface area contributed by atoms with Crippen molar-refractivity contribution in [2.75, 3.05) is 19.7 Å². The summed E-state index contributed by atoms with van der Waals surface area (Å²) >= 11 is 1.50. The number of nitrogens with zero attached hydrogens (tertiary/aromatic N) is 5. The SMILES string of the molecule is Cc1csc2nc(CN3CCO[C@@H](Cn4cccn4)C3)cc(=O)n12. The highest BCUT2D eigenvalue weighted by Crippen LogP contribution is 2.14. The molecule has 1 aliphatic rings. The van der Waals surface area contributed by atoms with Gasteiger partial charge >= 0.3 is 0 Å². The normalized spacial score (nSPS) is 19.1. The fourth-order valence-corrected chi connectivity index (χ4v) is 3.95. The minimum atomic E-state index is -0.00454. The maximum atomic E-state index is 12.3. The van der Waals surface area contributed by atoms with Gasteiger partial charge in [-0.3, -0.25) is 18.8 Å². The summed E-state index contributed by atoms with van der Waals surface area (Å²) in [6.07, 6.45) is 3.82. The van der Waals surface area contributed by atoms with E-state index < -0.39 is 0 Å². The van der Waals surface area contributed by atoms with Crippen molar-refractivity contribution in [3.63, 3.8) is 0 Å². The third-order valence-corrected chi connectivity index (χ3v) is 5.13. The molecule has 1 fully saturated rings. The molecule has 0 spiro atoms. The van der Waals surface area contributed by atoms with Gasteiger partial charge in [0, 0.05) is 49.2 Å². The van der Waals surface area contributed by atoms with E-state index in [1.54, 1.807) is 16.7 Å². The minimum Gasteiger partial charge on any atom is -0.374 e. The smallest absolute Gasteiger partial charge is 0.259 e. The van der Waals surface area contributed by atoms with Gasteiger partial charge in [0.15, 0.2) is 4.96 Å². The van der Waals surface area contributed by atoms with Crippen LogP contribution in [0.4, 0.5) is 0 Å². The van der Waals surface area contributed by atoms with Gasteiger partial charge in [-0.25, -0.2) is 4.98 Å². The lowest BCUT2D eigenvalue weighted by Gasteiger charge is -2.32. The quantitative estimate of drug-likeness (QED) is 0.710. The van der Waals surface area contributed by atoms with Crippen LogP contribution in [0.15, 0.2) is 34.7 Å². The molecule has 0 saturated carbocycles. The Kier molecular flexibility index (Phi) is 4.17. The van der Waals surface area contributed by atoms with Gasteiger partial charge in [-0.15, -0.1) is 11.3 Å². The maximum absolute atomic E-state index is 12.3. The van der Waals surface area contributed by atoms with E-state index in [0.29, 0.717) is 13.2 Å². The Morgan fingerprint density at radius 1 is 1.46 bits per heavy atom. The van der Waals surface area contributed by atoms with Crippen molar-refractivity contribution in [1.29, 1.82) is 0 Å². The summed E-state index contributed by atoms with van der Waals surface area (Å²) in [6, 6.07) is 3.56. The molecule has 0 aromatic carbocycles. The van der Waals surface area contributed by atoms with Crippen LogP contribution in [-0.4, -0.2) is 49.9 Å². The highest BCUT2D eigenvalue weighted by atomic mass is 32.1. The van der Waals surface area contributed by atoms with Gasteiger partial charge in [-0.1, -0.05) is 0 Å². The largest absolute Gasteiger partial charge is 0.374 e. The van der Waals surface area contributed by atoms with Crippen molar-refractivity contribution in [3.8, 4) is 0 Å². The summed E-state index contributed by atoms with van der Waals surface area (Å²) in [6.45, 7) is 5.67. The van der Waals surface area contributed by atoms with E-state index in [0.717, 1.165) is 36.0 Å². The second kappa shape index (κ2) is 6.46. The minimum absolute atomic E-state index is 0.00454. The van der Waals surface area contributed by atoms with E-state index in [1.165, 1.54) is 11.3 Å². The number of ether oxygens (including phenoxy) is 1. The zero-order valence-corrected chi connectivity index (χ0v) is 14.3. The predicted molar refractivity (Wildman–Crippen MR) is 91.3 cm³/mol. The second-order valence-corrected chi connectivity index (χ2v) is 6.87. The average Bonchev–Trinajstić information content (AvgIpc) is 3.18. The molecule has 0 N–H and O–H groups in total. The lowest BCUT2D eigenvalue weighted by Crippen LogP contribution is -2.44. The summed E-state index contributed by atoms with van der Waals surface area (Å²) in [7, 11) is 0. The second-order valence-electron chi connectivity index (χ2n) is 6.04. The molecule has 0 amide bonds. The molecule has 4 heterocycles. The number of aryl methyl sites for hydroxylation is 1. The van der Waals surface area contributed by atoms with Crippen LogP contribution in [0.5, 0.6) is 0 Å². The molecule has 3 aromatic heterocycles. The first-order valence-corrected chi connectivity index (χ1v) is 8.85. The topological polar surface area (TPSA) is 64.7 Å². The Labute approximate surface area is 143 Å². The summed E-state index contributed by atoms with van der Waals surface area (Å²) < 4.78 is 9.38. The Balaban J connectivity index is 1.47. The van der Waals surface area contributed by atoms with E-state index in [2.05, 4.69) is 15.0 Å². The first kappa shape index (κ1) is 15.5. The van der Waals surface area contributed by atoms with Gasteiger partial charge in [-0.2, -0.15) is 5.10 Å². The van der Waals surface area contributed by atoms with Crippen molar-refractivity contribution in [3.05, 3.63) is 51.6 Å². The highest BCUT2D eigenvalue weighted by Gasteiger charge is 2.22. The standard InChI is InChI=1S/C16H19N5O2S/c1-12-11-24-16-18-13(7-15(22)21(12)16)8-19-5-6-23-14(9-19)10-20-4-2-3-17-20/h2-4,7,11,14H,5-6,8-10H2,1H3/t14-/m1/s1. The Morgan fingerprint density at radius 2 is 2.38 bits per heavy atom. The van der Waals surface area contributed by atoms with E-state index in [4.69, 9.17) is 4.74 Å². The third-order valence-electron chi connectivity index (χ3n) is 4.19. The molecular weight excluding hydrogens is 326 g/mol. The number of fused-ring (bicyclic) bond motifs is 1. The van der Waals surface area contributed by atoms with Gasteiger partial charge in [0.2, 0.25) is 0 Å². The highest BCUT2D eigenvalue weighted by molar-refractivity contribution is 7.15. The van der Waals surface area contributed by atoms with Gasteiger partial charge in [0.05, 0.1) is 24.9 Å². The zero-order valence-electron chi connectivity index (χ0n) is 13.5. The van der Waals surface area contributed by atoms with Crippen LogP contribution in [0.3, 0.4) is 0 Å². The number of thiazole rings is 1. The molecule has 0 radical (unpaired) electrons. The first-order valence-electron chi connectivity index (χ1n) is 7.97. The molecule has 24 heavy (non-hydrogen) atoms. The van der Waals surface area contributed by atoms with Crippen molar-refractivity contribution in [2.45, 2.75) is 26.1 Å². The maximum Gasteiger partial charge on any atom is 0.259 e. The fourth-order valence-electron chi connectivity index (χ4n) is 3.06. The molecule has 126 valence electrons. The van der Waals surface area contributed by atoms with Crippen LogP contribution in [0, 0.1) is 6.92 Å². The predicted octanol–water partition coefficient (Wildman–Crippen LogP) is 1.16. The van der Waals surface area contributed by atoms with Crippen LogP contribution in [-0.2, 0) is 17.8 Å². The van der Waals surface area contributed by atoms with Crippen LogP contribution in [0.25, 0.3) is 4.96 Å². The Morgan fingerprint density at radius 3 is 3.21 bits per heavy atom. The zero-order chi connectivity index (χ0) is 16.5. The fraction of sp³-hybridized carbons (Fsp3) is 0.438. The molecule has 8 heteroatoms. The van der Waals surface area contributed by atoms with Gasteiger partial charge in [-0.05, 0) is 13.0 Å². The molecule has 7 nitrogen and oxygen atoms in total. The first-order chi connectivity index (χ1) is 11.7. The molecule has 1 atom stereocenters. The Hall–Kier alpha value is -2.03. The molecule has 4 rings (SSSR count). The molecule has 1 aliphatic heterocycles. The number of rotatable bonds is 4. The van der Waals surface area contributed by atoms with Crippen molar-refractivity contribution in [2.24, 2.45) is 0 Å². The summed E-state index contributed by atoms with van der Waals surface area (Å²) in [4.78, 5) is 20.0. The van der Waals surface area contributed by atoms with Crippen molar-refractivity contribution >= 4 is 16.3 Å². The van der Waals surface area contributed by atoms with Crippen LogP contribution >= 0.6 is 11.3 Å². The number of hydrogen-bond donors (Lipinski definition) is 0. The number of hydrogen-bond acceptors (Lipinski definition) is 6. The van der Waals surface area contributed by atoms with Gasteiger partial charge in [0.25, 0.3) is 5.56 Å². The van der Waals surface area contributed by atoms with Crippen LogP contribution in [0.2, 0.25) is 0 Å². The van der Waals surface area contributed by atoms with Gasteiger partial charge in [0.1, 0.15) is 0 Å². The summed E-state index contributed by atoms with van der Waals surface area (Å²) in [5, 5.41) is 6.19. The molecule has 0 bridgehead atoms. The summed E-state index contributed by atoms with van der Waals surface area (Å²) in [5.41, 5.74) is 1.75. The van der Waals surface area contributed by atoms with E-state index in [-0.39, 0.29) is 11.7 Å². The monoisotopic (exact) mass is 345 g/mol. The molecule has 0 aliphatic carbocycles. The van der Waals surface area contributed by atoms with E-state index >= 15 is 0 Å². The molecular formula is C16H19N5O2S. The van der Waals surface area contributed by atoms with Crippen molar-refractivity contribution in [1.82, 2.24) is 24.1 Å². The summed E-state index contributed by atoms with van der Waals surface area (Å²) in [5.74, 6) is 0. The lowest BCUT2D eigenvalue weighted by molar-refractivity contribution is -0.0405. The van der Waals surface area contributed by atoms with Crippen molar-refractivity contribution < 1.29 is 4.74 Å². The van der Waals surface area contributed by atoms with Gasteiger partial charge < -0.3 is 4.74 Å². The Bertz CT molecular complexity index is 886. The molecule has 0 unspecified atom stereocenters. The number of morpholine rings is 1. The molecule has 3 aromatic rings. The van der Waals surface area contributed by atoms with Crippen LogP contribution in [0.1, 0.15) is 11.4 Å². The van der Waals surface area contributed by atoms with E-state index in [1.807, 2.05) is 29.2 Å². The van der Waals surface area contributed by atoms with Crippen LogP contribution < -0.4 is 5.56 Å². The van der Waals surface area contributed by atoms with E-state index in [9.17, 15) is 4.79 Å². The third kappa shape index (κ3) is 3.12. The number of aromatic nitrogens is 4.